The molecule has 7 heteroatoms. The summed E-state index contributed by atoms with van der Waals surface area (Å²) in [5, 5.41) is 3.05. The van der Waals surface area contributed by atoms with E-state index in [9.17, 15) is 9.59 Å². The van der Waals surface area contributed by atoms with Crippen molar-refractivity contribution in [3.8, 4) is 0 Å². The van der Waals surface area contributed by atoms with Gasteiger partial charge >= 0.3 is 0 Å². The van der Waals surface area contributed by atoms with Crippen LogP contribution < -0.4 is 10.2 Å². The molecule has 7 nitrogen and oxygen atoms in total. The normalized spacial score (nSPS) is 21.9. The van der Waals surface area contributed by atoms with Crippen molar-refractivity contribution in [1.29, 1.82) is 0 Å². The summed E-state index contributed by atoms with van der Waals surface area (Å²) >= 11 is 0. The van der Waals surface area contributed by atoms with Crippen LogP contribution in [0.2, 0.25) is 0 Å². The summed E-state index contributed by atoms with van der Waals surface area (Å²) in [5.74, 6) is 0.685. The third kappa shape index (κ3) is 4.48. The predicted octanol–water partition coefficient (Wildman–Crippen LogP) is 3.04. The van der Waals surface area contributed by atoms with Crippen molar-refractivity contribution in [1.82, 2.24) is 9.88 Å². The number of rotatable bonds is 5. The molecule has 2 aromatic rings. The quantitative estimate of drug-likeness (QED) is 0.783. The van der Waals surface area contributed by atoms with Crippen molar-refractivity contribution in [2.45, 2.75) is 37.7 Å². The van der Waals surface area contributed by atoms with Crippen molar-refractivity contribution in [3.63, 3.8) is 0 Å². The van der Waals surface area contributed by atoms with E-state index in [-0.39, 0.29) is 23.8 Å². The number of aromatic nitrogens is 1. The minimum atomic E-state index is -0.221. The minimum absolute atomic E-state index is 0.000550. The van der Waals surface area contributed by atoms with Gasteiger partial charge in [-0.15, -0.1) is 0 Å². The van der Waals surface area contributed by atoms with Gasteiger partial charge in [-0.2, -0.15) is 0 Å². The molecule has 5 rings (SSSR count). The first-order chi connectivity index (χ1) is 15.7. The van der Waals surface area contributed by atoms with Gasteiger partial charge in [-0.25, -0.2) is 0 Å². The van der Waals surface area contributed by atoms with Crippen molar-refractivity contribution in [2.75, 3.05) is 43.0 Å². The highest BCUT2D eigenvalue weighted by molar-refractivity contribution is 5.94. The van der Waals surface area contributed by atoms with Crippen LogP contribution in [0.4, 0.5) is 11.4 Å². The third-order valence-electron chi connectivity index (χ3n) is 6.92. The SMILES string of the molecule is O=C(Nc1ccc(C2CCN(C(=O)[C@@H]3CCCO3)CC2)cc1)C1CN(c2cccnc2)C1. The van der Waals surface area contributed by atoms with Crippen LogP contribution in [0.5, 0.6) is 0 Å². The van der Waals surface area contributed by atoms with E-state index in [1.54, 1.807) is 6.20 Å². The van der Waals surface area contributed by atoms with Gasteiger partial charge in [0.05, 0.1) is 17.8 Å². The Labute approximate surface area is 188 Å². The second kappa shape index (κ2) is 9.28. The van der Waals surface area contributed by atoms with Crippen molar-refractivity contribution in [3.05, 3.63) is 54.4 Å². The first-order valence-corrected chi connectivity index (χ1v) is 11.6. The number of piperidine rings is 1. The number of amides is 2. The summed E-state index contributed by atoms with van der Waals surface area (Å²) in [5.41, 5.74) is 3.17. The van der Waals surface area contributed by atoms with Crippen LogP contribution in [-0.4, -0.2) is 60.6 Å². The number of carbonyl (C=O) groups excluding carboxylic acids is 2. The molecule has 0 unspecified atom stereocenters. The Morgan fingerprint density at radius 3 is 2.47 bits per heavy atom. The lowest BCUT2D eigenvalue weighted by atomic mass is 9.89. The molecule has 2 amide bonds. The maximum Gasteiger partial charge on any atom is 0.251 e. The molecule has 0 aliphatic carbocycles. The molecular formula is C25H30N4O3. The van der Waals surface area contributed by atoms with E-state index in [2.05, 4.69) is 27.3 Å². The number of carbonyl (C=O) groups is 2. The van der Waals surface area contributed by atoms with Crippen molar-refractivity contribution < 1.29 is 14.3 Å². The van der Waals surface area contributed by atoms with Crippen LogP contribution in [-0.2, 0) is 14.3 Å². The Morgan fingerprint density at radius 2 is 1.81 bits per heavy atom. The van der Waals surface area contributed by atoms with Gasteiger partial charge in [-0.05, 0) is 61.4 Å². The summed E-state index contributed by atoms with van der Waals surface area (Å²) in [6.07, 6.45) is 7.14. The fourth-order valence-corrected chi connectivity index (χ4v) is 4.89. The average Bonchev–Trinajstić information content (AvgIpc) is 3.34. The molecule has 0 spiro atoms. The lowest BCUT2D eigenvalue weighted by Crippen LogP contribution is -2.52. The third-order valence-corrected chi connectivity index (χ3v) is 6.92. The molecule has 1 atom stereocenters. The minimum Gasteiger partial charge on any atom is -0.369 e. The lowest BCUT2D eigenvalue weighted by molar-refractivity contribution is -0.142. The van der Waals surface area contributed by atoms with Gasteiger partial charge in [0.1, 0.15) is 6.10 Å². The van der Waals surface area contributed by atoms with E-state index in [0.717, 1.165) is 63.2 Å². The van der Waals surface area contributed by atoms with E-state index in [1.165, 1.54) is 5.56 Å². The summed E-state index contributed by atoms with van der Waals surface area (Å²) in [4.78, 5) is 33.4. The molecule has 168 valence electrons. The average molecular weight is 435 g/mol. The summed E-state index contributed by atoms with van der Waals surface area (Å²) < 4.78 is 5.55. The van der Waals surface area contributed by atoms with Crippen LogP contribution in [0.1, 0.15) is 37.2 Å². The number of anilines is 2. The van der Waals surface area contributed by atoms with Crippen molar-refractivity contribution >= 4 is 23.2 Å². The van der Waals surface area contributed by atoms with Crippen LogP contribution in [0, 0.1) is 5.92 Å². The molecular weight excluding hydrogens is 404 g/mol. The highest BCUT2D eigenvalue weighted by atomic mass is 16.5. The molecule has 0 radical (unpaired) electrons. The number of benzene rings is 1. The molecule has 4 heterocycles. The fourth-order valence-electron chi connectivity index (χ4n) is 4.89. The largest absolute Gasteiger partial charge is 0.369 e. The van der Waals surface area contributed by atoms with E-state index in [4.69, 9.17) is 4.74 Å². The van der Waals surface area contributed by atoms with Gasteiger partial charge in [0.2, 0.25) is 5.91 Å². The van der Waals surface area contributed by atoms with Gasteiger partial charge in [0.15, 0.2) is 0 Å². The first-order valence-electron chi connectivity index (χ1n) is 11.6. The molecule has 3 fully saturated rings. The number of nitrogens with one attached hydrogen (secondary N) is 1. The number of likely N-dealkylation sites (tertiary alicyclic amines) is 1. The second-order valence-electron chi connectivity index (χ2n) is 9.03. The molecule has 1 N–H and O–H groups in total. The highest BCUT2D eigenvalue weighted by Gasteiger charge is 2.33. The van der Waals surface area contributed by atoms with Gasteiger partial charge in [0.25, 0.3) is 5.91 Å². The molecule has 1 aromatic heterocycles. The van der Waals surface area contributed by atoms with Gasteiger partial charge in [-0.3, -0.25) is 14.6 Å². The van der Waals surface area contributed by atoms with Crippen LogP contribution in [0.25, 0.3) is 0 Å². The summed E-state index contributed by atoms with van der Waals surface area (Å²) in [6.45, 7) is 3.73. The topological polar surface area (TPSA) is 74.8 Å². The lowest BCUT2D eigenvalue weighted by Gasteiger charge is -2.39. The van der Waals surface area contributed by atoms with Crippen molar-refractivity contribution in [2.24, 2.45) is 5.92 Å². The standard InChI is InChI=1S/C25H30N4O3/c30-24(20-16-29(17-20)22-3-1-11-26-15-22)27-21-7-5-18(6-8-21)19-9-12-28(13-10-19)25(31)23-4-2-14-32-23/h1,3,5-8,11,15,19-20,23H,2,4,9-10,12-14,16-17H2,(H,27,30)/t23-/m0/s1. The second-order valence-corrected chi connectivity index (χ2v) is 9.03. The Bertz CT molecular complexity index is 929. The number of ether oxygens (including phenoxy) is 1. The van der Waals surface area contributed by atoms with Crippen LogP contribution in [0.3, 0.4) is 0 Å². The van der Waals surface area contributed by atoms with E-state index < -0.39 is 0 Å². The Morgan fingerprint density at radius 1 is 1.03 bits per heavy atom. The molecule has 3 aliphatic rings. The molecule has 3 aliphatic heterocycles. The zero-order valence-corrected chi connectivity index (χ0v) is 18.3. The first kappa shape index (κ1) is 20.9. The van der Waals surface area contributed by atoms with E-state index >= 15 is 0 Å². The van der Waals surface area contributed by atoms with Gasteiger partial charge in [0, 0.05) is 44.7 Å². The molecule has 0 bridgehead atoms. The Kier molecular flexibility index (Phi) is 6.08. The Hall–Kier alpha value is -2.93. The van der Waals surface area contributed by atoms with Crippen LogP contribution >= 0.6 is 0 Å². The van der Waals surface area contributed by atoms with Crippen LogP contribution in [0.15, 0.2) is 48.8 Å². The number of hydrogen-bond donors (Lipinski definition) is 1. The molecule has 1 aromatic carbocycles. The zero-order valence-electron chi connectivity index (χ0n) is 18.3. The van der Waals surface area contributed by atoms with Gasteiger partial charge in [-0.1, -0.05) is 12.1 Å². The summed E-state index contributed by atoms with van der Waals surface area (Å²) in [7, 11) is 0. The maximum absolute atomic E-state index is 12.6. The number of hydrogen-bond acceptors (Lipinski definition) is 5. The number of nitrogens with zero attached hydrogens (tertiary/aromatic N) is 3. The van der Waals surface area contributed by atoms with E-state index in [0.29, 0.717) is 12.5 Å². The predicted molar refractivity (Wildman–Crippen MR) is 123 cm³/mol. The van der Waals surface area contributed by atoms with E-state index in [1.807, 2.05) is 35.4 Å². The smallest absolute Gasteiger partial charge is 0.251 e. The monoisotopic (exact) mass is 434 g/mol. The molecule has 32 heavy (non-hydrogen) atoms. The Balaban J connectivity index is 1.09. The summed E-state index contributed by atoms with van der Waals surface area (Å²) in [6, 6.07) is 12.1. The number of pyridine rings is 1. The molecule has 3 saturated heterocycles. The molecule has 0 saturated carbocycles. The zero-order chi connectivity index (χ0) is 21.9. The van der Waals surface area contributed by atoms with Gasteiger partial charge < -0.3 is 19.9 Å². The maximum atomic E-state index is 12.6. The fraction of sp³-hybridized carbons (Fsp3) is 0.480. The highest BCUT2D eigenvalue weighted by Crippen LogP contribution is 2.30.